The minimum Gasteiger partial charge on any atom is -0.481 e. The molecule has 3 amide bonds. The van der Waals surface area contributed by atoms with Crippen LogP contribution in [0.3, 0.4) is 0 Å². The molecule has 3 N–H and O–H groups in total. The molecule has 14 heteroatoms. The van der Waals surface area contributed by atoms with Crippen LogP contribution in [-0.2, 0) is 23.9 Å². The van der Waals surface area contributed by atoms with Gasteiger partial charge in [0.1, 0.15) is 17.6 Å². The van der Waals surface area contributed by atoms with E-state index in [2.05, 4.69) is 20.6 Å². The van der Waals surface area contributed by atoms with Crippen molar-refractivity contribution in [1.82, 2.24) is 25.1 Å². The highest BCUT2D eigenvalue weighted by Gasteiger charge is 2.31. The predicted molar refractivity (Wildman–Crippen MR) is 151 cm³/mol. The Bertz CT molecular complexity index is 1250. The molecule has 1 fully saturated rings. The maximum atomic E-state index is 13.4. The fraction of sp³-hybridized carbons (Fsp3) is 0.464. The fourth-order valence-corrected chi connectivity index (χ4v) is 4.20. The van der Waals surface area contributed by atoms with Crippen molar-refractivity contribution < 1.29 is 38.6 Å². The molecule has 1 aliphatic heterocycles. The summed E-state index contributed by atoms with van der Waals surface area (Å²) in [7, 11) is 0. The van der Waals surface area contributed by atoms with Crippen LogP contribution in [-0.4, -0.2) is 107 Å². The number of anilines is 1. The van der Waals surface area contributed by atoms with Gasteiger partial charge in [0, 0.05) is 50.8 Å². The number of nitrogens with zero attached hydrogens (tertiary/aromatic N) is 4. The van der Waals surface area contributed by atoms with E-state index in [4.69, 9.17) is 9.47 Å². The van der Waals surface area contributed by atoms with Gasteiger partial charge in [-0.25, -0.2) is 14.8 Å². The minimum atomic E-state index is -1.14. The second kappa shape index (κ2) is 15.9. The summed E-state index contributed by atoms with van der Waals surface area (Å²) in [5, 5.41) is 14.9. The number of carbonyl (C=O) groups excluding carboxylic acids is 4. The van der Waals surface area contributed by atoms with Gasteiger partial charge in [0.25, 0.3) is 5.91 Å². The Morgan fingerprint density at radius 1 is 0.929 bits per heavy atom. The summed E-state index contributed by atoms with van der Waals surface area (Å²) >= 11 is 0. The number of ether oxygens (including phenoxy) is 2. The molecule has 14 nitrogen and oxygen atoms in total. The van der Waals surface area contributed by atoms with E-state index in [1.807, 2.05) is 6.07 Å². The molecule has 2 aromatic rings. The maximum absolute atomic E-state index is 13.4. The summed E-state index contributed by atoms with van der Waals surface area (Å²) in [5.41, 5.74) is 0.585. The number of amides is 3. The molecule has 2 heterocycles. The van der Waals surface area contributed by atoms with Crippen LogP contribution in [0.4, 0.5) is 10.6 Å². The Hall–Kier alpha value is -4.75. The lowest BCUT2D eigenvalue weighted by Crippen LogP contribution is -2.56. The monoisotopic (exact) mass is 584 g/mol. The largest absolute Gasteiger partial charge is 0.481 e. The van der Waals surface area contributed by atoms with E-state index in [1.54, 1.807) is 38.1 Å². The van der Waals surface area contributed by atoms with Crippen molar-refractivity contribution in [3.63, 3.8) is 0 Å². The zero-order chi connectivity index (χ0) is 30.5. The lowest BCUT2D eigenvalue weighted by Gasteiger charge is -2.35. The SMILES string of the molecule is CCOC(=O)CCNc1cc(C(=O)NC(CCC(=O)O)C(=O)N2CCN(C(=O)OCC)CC2)nc(-c2ccccc2)n1. The number of nitrogens with one attached hydrogen (secondary N) is 2. The van der Waals surface area contributed by atoms with Gasteiger partial charge in [-0.15, -0.1) is 0 Å². The van der Waals surface area contributed by atoms with Crippen molar-refractivity contribution >= 4 is 35.7 Å². The smallest absolute Gasteiger partial charge is 0.409 e. The number of carboxylic acid groups (broad SMARTS) is 1. The summed E-state index contributed by atoms with van der Waals surface area (Å²) in [6.07, 6.45) is -0.877. The third kappa shape index (κ3) is 9.42. The van der Waals surface area contributed by atoms with E-state index in [0.717, 1.165) is 0 Å². The lowest BCUT2D eigenvalue weighted by molar-refractivity contribution is -0.143. The Morgan fingerprint density at radius 3 is 2.24 bits per heavy atom. The average Bonchev–Trinajstić information content (AvgIpc) is 2.99. The van der Waals surface area contributed by atoms with Crippen LogP contribution >= 0.6 is 0 Å². The van der Waals surface area contributed by atoms with E-state index < -0.39 is 29.9 Å². The third-order valence-electron chi connectivity index (χ3n) is 6.30. The van der Waals surface area contributed by atoms with Crippen LogP contribution < -0.4 is 10.6 Å². The van der Waals surface area contributed by atoms with E-state index in [0.29, 0.717) is 5.56 Å². The van der Waals surface area contributed by atoms with Crippen molar-refractivity contribution in [1.29, 1.82) is 0 Å². The van der Waals surface area contributed by atoms with Crippen molar-refractivity contribution in [2.45, 2.75) is 39.2 Å². The zero-order valence-corrected chi connectivity index (χ0v) is 23.7. The Kier molecular flexibility index (Phi) is 12.0. The number of carboxylic acids is 1. The highest BCUT2D eigenvalue weighted by molar-refractivity contribution is 5.97. The molecule has 0 radical (unpaired) electrons. The standard InChI is InChI=1S/C28H36N6O8/c1-3-41-24(37)12-13-29-22-18-21(30-25(32-22)19-8-6-5-7-9-19)26(38)31-20(10-11-23(35)36)27(39)33-14-16-34(17-15-33)28(40)42-4-2/h5-9,18,20H,3-4,10-17H2,1-2H3,(H,31,38)(H,35,36)(H,29,30,32). The first-order valence-electron chi connectivity index (χ1n) is 13.8. The quantitative estimate of drug-likeness (QED) is 0.292. The van der Waals surface area contributed by atoms with Gasteiger partial charge in [-0.1, -0.05) is 30.3 Å². The van der Waals surface area contributed by atoms with Crippen LogP contribution in [0.15, 0.2) is 36.4 Å². The molecule has 1 aromatic heterocycles. The van der Waals surface area contributed by atoms with Crippen molar-refractivity contribution in [2.75, 3.05) is 51.3 Å². The predicted octanol–water partition coefficient (Wildman–Crippen LogP) is 1.77. The summed E-state index contributed by atoms with van der Waals surface area (Å²) in [6, 6.07) is 9.21. The number of benzene rings is 1. The van der Waals surface area contributed by atoms with E-state index in [9.17, 15) is 29.1 Å². The van der Waals surface area contributed by atoms with Crippen molar-refractivity contribution in [2.24, 2.45) is 0 Å². The normalized spacial score (nSPS) is 13.6. The molecule has 1 aromatic carbocycles. The van der Waals surface area contributed by atoms with E-state index >= 15 is 0 Å². The number of rotatable bonds is 13. The topological polar surface area (TPSA) is 180 Å². The summed E-state index contributed by atoms with van der Waals surface area (Å²) in [5.74, 6) is -2.14. The number of aliphatic carboxylic acids is 1. The average molecular weight is 585 g/mol. The number of hydrogen-bond donors (Lipinski definition) is 3. The number of carbonyl (C=O) groups is 5. The van der Waals surface area contributed by atoms with Gasteiger partial charge in [-0.3, -0.25) is 19.2 Å². The summed E-state index contributed by atoms with van der Waals surface area (Å²) in [6.45, 7) is 5.02. The second-order valence-corrected chi connectivity index (χ2v) is 9.28. The van der Waals surface area contributed by atoms with Gasteiger partial charge in [0.05, 0.1) is 19.6 Å². The summed E-state index contributed by atoms with van der Waals surface area (Å²) < 4.78 is 9.95. The first-order chi connectivity index (χ1) is 20.2. The number of piperazine rings is 1. The molecular weight excluding hydrogens is 548 g/mol. The minimum absolute atomic E-state index is 0.0530. The first-order valence-corrected chi connectivity index (χ1v) is 13.8. The molecule has 0 bridgehead atoms. The second-order valence-electron chi connectivity index (χ2n) is 9.28. The Morgan fingerprint density at radius 2 is 1.60 bits per heavy atom. The van der Waals surface area contributed by atoms with Gasteiger partial charge in [0.15, 0.2) is 5.82 Å². The Labute approximate surface area is 243 Å². The molecule has 1 aliphatic rings. The van der Waals surface area contributed by atoms with E-state index in [-0.39, 0.29) is 88.5 Å². The van der Waals surface area contributed by atoms with Crippen LogP contribution in [0, 0.1) is 0 Å². The molecule has 3 rings (SSSR count). The van der Waals surface area contributed by atoms with Crippen LogP contribution in [0.2, 0.25) is 0 Å². The van der Waals surface area contributed by atoms with Crippen molar-refractivity contribution in [3.8, 4) is 11.4 Å². The molecule has 1 unspecified atom stereocenters. The molecule has 42 heavy (non-hydrogen) atoms. The molecule has 0 spiro atoms. The fourth-order valence-electron chi connectivity index (χ4n) is 4.20. The molecule has 1 saturated heterocycles. The molecule has 1 atom stereocenters. The molecule has 226 valence electrons. The number of aromatic nitrogens is 2. The Balaban J connectivity index is 1.78. The third-order valence-corrected chi connectivity index (χ3v) is 6.30. The highest BCUT2D eigenvalue weighted by atomic mass is 16.6. The van der Waals surface area contributed by atoms with Crippen LogP contribution in [0.1, 0.15) is 43.6 Å². The van der Waals surface area contributed by atoms with Gasteiger partial charge < -0.3 is 35.0 Å². The maximum Gasteiger partial charge on any atom is 0.409 e. The molecule has 0 saturated carbocycles. The van der Waals surface area contributed by atoms with Gasteiger partial charge in [-0.05, 0) is 20.3 Å². The highest BCUT2D eigenvalue weighted by Crippen LogP contribution is 2.19. The van der Waals surface area contributed by atoms with E-state index in [1.165, 1.54) is 15.9 Å². The number of esters is 1. The molecular formula is C28H36N6O8. The van der Waals surface area contributed by atoms with Crippen molar-refractivity contribution in [3.05, 3.63) is 42.1 Å². The molecule has 0 aliphatic carbocycles. The number of hydrogen-bond acceptors (Lipinski definition) is 10. The summed E-state index contributed by atoms with van der Waals surface area (Å²) in [4.78, 5) is 73.7. The van der Waals surface area contributed by atoms with Gasteiger partial charge in [0.2, 0.25) is 5.91 Å². The zero-order valence-electron chi connectivity index (χ0n) is 23.7. The lowest BCUT2D eigenvalue weighted by atomic mass is 10.1. The van der Waals surface area contributed by atoms with Crippen LogP contribution in [0.5, 0.6) is 0 Å². The van der Waals surface area contributed by atoms with Gasteiger partial charge in [-0.2, -0.15) is 0 Å². The first kappa shape index (κ1) is 31.8. The van der Waals surface area contributed by atoms with Crippen LogP contribution in [0.25, 0.3) is 11.4 Å². The van der Waals surface area contributed by atoms with Gasteiger partial charge >= 0.3 is 18.0 Å².